The van der Waals surface area contributed by atoms with Gasteiger partial charge in [-0.1, -0.05) is 23.2 Å². The summed E-state index contributed by atoms with van der Waals surface area (Å²) in [6.45, 7) is -0.248. The summed E-state index contributed by atoms with van der Waals surface area (Å²) < 4.78 is 144. The van der Waals surface area contributed by atoms with Crippen LogP contribution in [-0.4, -0.2) is 109 Å². The molecule has 0 unspecified atom stereocenters. The average molecular weight is 1330 g/mol. The zero-order valence-electron chi connectivity index (χ0n) is 38.2. The Morgan fingerprint density at radius 3 is 1.41 bits per heavy atom. The number of ether oxygens (including phenoxy) is 2. The number of hydrogen-bond acceptors (Lipinski definition) is 14. The van der Waals surface area contributed by atoms with Gasteiger partial charge in [-0.15, -0.1) is 10.2 Å². The summed E-state index contributed by atoms with van der Waals surface area (Å²) >= 11 is 11.9. The molecule has 73 heavy (non-hydrogen) atoms. The number of amides is 1. The van der Waals surface area contributed by atoms with Crippen molar-refractivity contribution in [2.24, 2.45) is 16.0 Å². The first kappa shape index (κ1) is 58.3. The SMILES string of the molecule is NS(=O)(=O)c1ccc(O)cc1.O=C(NS(=O)(=O)c1ccc(O)cc1)c1ccc(-n2ccc(OCCC3(C(F)(F)F)CC3)n2)nc1Cl.O=C(O)c1ccc(-n2ccc(OCCC3(C(F)(F)F)CC3)n2)nc1Cl.[2H][B].[U]. The van der Waals surface area contributed by atoms with Crippen LogP contribution in [0.3, 0.4) is 0 Å². The van der Waals surface area contributed by atoms with E-state index in [4.69, 9.17) is 49.4 Å². The van der Waals surface area contributed by atoms with Crippen LogP contribution in [0, 0.1) is 41.9 Å². The van der Waals surface area contributed by atoms with Gasteiger partial charge in [0.15, 0.2) is 11.6 Å². The van der Waals surface area contributed by atoms with Crippen LogP contribution >= 0.6 is 23.2 Å². The van der Waals surface area contributed by atoms with Crippen molar-refractivity contribution in [1.82, 2.24) is 34.3 Å². The van der Waals surface area contributed by atoms with Gasteiger partial charge >= 0.3 is 18.3 Å². The van der Waals surface area contributed by atoms with Crippen LogP contribution in [0.5, 0.6) is 23.3 Å². The third-order valence-electron chi connectivity index (χ3n) is 10.9. The number of nitrogens with one attached hydrogen (secondary N) is 1. The first-order valence-electron chi connectivity index (χ1n) is 21.0. The summed E-state index contributed by atoms with van der Waals surface area (Å²) in [7, 11) is -4.11. The molecule has 0 bridgehead atoms. The molecule has 2 aromatic carbocycles. The second-order valence-corrected chi connectivity index (χ2v) is 19.7. The number of pyridine rings is 2. The number of rotatable bonds is 15. The fraction of sp³-hybridized carbons (Fsp3) is 0.286. The summed E-state index contributed by atoms with van der Waals surface area (Å²) in [5.41, 5.74) is -3.65. The van der Waals surface area contributed by atoms with E-state index in [2.05, 4.69) is 28.5 Å². The predicted molar refractivity (Wildman–Crippen MR) is 245 cm³/mol. The average Bonchev–Trinajstić information content (AvgIpc) is 4.19. The molecule has 0 atom stereocenters. The number of halogens is 8. The van der Waals surface area contributed by atoms with Gasteiger partial charge in [-0.25, -0.2) is 50.8 Å². The minimum absolute atomic E-state index is 0. The van der Waals surface area contributed by atoms with E-state index in [0.717, 1.165) is 24.3 Å². The van der Waals surface area contributed by atoms with Gasteiger partial charge in [0.1, 0.15) is 21.8 Å². The van der Waals surface area contributed by atoms with Gasteiger partial charge in [0.05, 0.1) is 45.0 Å². The second kappa shape index (κ2) is 23.8. The molecule has 2 radical (unpaired) electrons. The van der Waals surface area contributed by atoms with Gasteiger partial charge in [0.2, 0.25) is 21.8 Å². The monoisotopic (exact) mass is 1330 g/mol. The molecule has 0 spiro atoms. The van der Waals surface area contributed by atoms with Crippen LogP contribution in [0.1, 0.15) is 59.2 Å². The Hall–Kier alpha value is -5.56. The molecule has 2 fully saturated rings. The maximum atomic E-state index is 13.0. The largest absolute Gasteiger partial charge is 0.508 e. The fourth-order valence-corrected chi connectivity index (χ4v) is 8.26. The number of carboxylic acids is 1. The number of primary sulfonamides is 1. The van der Waals surface area contributed by atoms with Crippen LogP contribution in [0.25, 0.3) is 11.6 Å². The van der Waals surface area contributed by atoms with Crippen LogP contribution in [0.4, 0.5) is 26.3 Å². The molecular formula is C42H39BCl2F6N8O11S2U. The Kier molecular flexibility index (Phi) is 19.0. The van der Waals surface area contributed by atoms with Gasteiger partial charge in [-0.2, -0.15) is 26.3 Å². The van der Waals surface area contributed by atoms with Crippen molar-refractivity contribution in [2.45, 2.75) is 60.7 Å². The van der Waals surface area contributed by atoms with Crippen LogP contribution in [-0.2, 0) is 20.0 Å². The molecule has 388 valence electrons. The second-order valence-electron chi connectivity index (χ2n) is 15.7. The molecule has 1 amide bonds. The summed E-state index contributed by atoms with van der Waals surface area (Å²) in [4.78, 5) is 31.1. The number of phenols is 2. The zero-order chi connectivity index (χ0) is 54.2. The van der Waals surface area contributed by atoms with E-state index in [9.17, 15) is 57.9 Å². The van der Waals surface area contributed by atoms with Crippen molar-refractivity contribution in [1.29, 1.82) is 1.34 Å². The fourth-order valence-electron chi connectivity index (χ4n) is 6.31. The standard InChI is InChI=1S/C21H18ClF3N4O5S.C15H13ClF3N3O3.C6H7NO3S.BH.U/c22-18-15(19(31)28-35(32,33)14-3-1-13(30)2-4-14)5-6-16(26-18)29-11-7-17(27-29)34-12-10-20(8-9-20)21(23,24)25;16-12-9(13(23)24)1-2-10(20-12)22-7-3-11(21-22)25-8-6-14(4-5-14)15(17,18)19;7-11(9,10)6-3-1-5(8)2-4-6;;/h1-7,11,30H,8-10,12H2,(H,28,31);1-3,7H,4-6,8H2,(H,23,24);1-4,8H,(H2,7,9,10);1H;/i;;;1D;. The molecule has 0 aliphatic heterocycles. The molecule has 19 nitrogen and oxygen atoms in total. The number of sulfonamides is 2. The van der Waals surface area contributed by atoms with Crippen molar-refractivity contribution in [3.8, 4) is 34.9 Å². The zero-order valence-corrected chi connectivity index (χ0v) is 44.5. The first-order chi connectivity index (χ1) is 34.1. The van der Waals surface area contributed by atoms with Crippen molar-refractivity contribution in [2.75, 3.05) is 13.2 Å². The maximum Gasteiger partial charge on any atom is 0.394 e. The minimum atomic E-state index is -4.26. The number of hydrogen-bond donors (Lipinski definition) is 5. The number of aromatic hydroxyl groups is 2. The number of nitrogens with zero attached hydrogens (tertiary/aromatic N) is 6. The molecule has 2 aliphatic rings. The van der Waals surface area contributed by atoms with Crippen LogP contribution in [0.2, 0.25) is 10.3 Å². The van der Waals surface area contributed by atoms with Gasteiger partial charge in [0, 0.05) is 64.0 Å². The van der Waals surface area contributed by atoms with Crippen LogP contribution in [0.15, 0.2) is 107 Å². The van der Waals surface area contributed by atoms with Gasteiger partial charge in [0.25, 0.3) is 15.9 Å². The van der Waals surface area contributed by atoms with E-state index in [0.29, 0.717) is 0 Å². The van der Waals surface area contributed by atoms with E-state index in [1.54, 1.807) is 0 Å². The topological polar surface area (TPSA) is 281 Å². The molecule has 8 rings (SSSR count). The van der Waals surface area contributed by atoms with Gasteiger partial charge in [-0.05, 0) is 113 Å². The Balaban J connectivity index is 0.000000264. The van der Waals surface area contributed by atoms with Crippen molar-refractivity contribution in [3.05, 3.63) is 119 Å². The van der Waals surface area contributed by atoms with E-state index >= 15 is 0 Å². The Morgan fingerprint density at radius 2 is 1.07 bits per heavy atom. The molecule has 6 N–H and O–H groups in total. The van der Waals surface area contributed by atoms with Gasteiger partial charge in [-0.3, -0.25) is 4.79 Å². The number of phenolic OH excluding ortho intramolecular Hbond substituents is 2. The number of aromatic nitrogens is 6. The molecule has 6 aromatic rings. The number of nitrogens with two attached hydrogens (primary N) is 1. The van der Waals surface area contributed by atoms with Gasteiger partial charge < -0.3 is 24.8 Å². The summed E-state index contributed by atoms with van der Waals surface area (Å²) in [5, 5.41) is 39.4. The Bertz CT molecular complexity index is 3140. The molecule has 2 saturated carbocycles. The number of alkyl halides is 6. The summed E-state index contributed by atoms with van der Waals surface area (Å²) in [5.74, 6) is -1.69. The number of aromatic carboxylic acids is 1. The third kappa shape index (κ3) is 15.5. The summed E-state index contributed by atoms with van der Waals surface area (Å²) in [6.07, 6.45) is -5.36. The van der Waals surface area contributed by atoms with E-state index in [-0.39, 0.29) is 149 Å². The smallest absolute Gasteiger partial charge is 0.394 e. The Labute approximate surface area is 448 Å². The normalized spacial score (nSPS) is 14.4. The number of carbonyl (C=O) groups excluding carboxylic acids is 1. The molecule has 4 heterocycles. The third-order valence-corrected chi connectivity index (χ3v) is 13.7. The molecule has 31 heteroatoms. The predicted octanol–water partition coefficient (Wildman–Crippen LogP) is 6.98. The number of carboxylic acid groups (broad SMARTS) is 1. The van der Waals surface area contributed by atoms with E-state index in [1.165, 1.54) is 82.4 Å². The molecular weight excluding hydrogens is 1290 g/mol. The molecule has 0 saturated heterocycles. The maximum absolute atomic E-state index is 13.0. The minimum Gasteiger partial charge on any atom is -0.508 e. The van der Waals surface area contributed by atoms with Crippen molar-refractivity contribution in [3.63, 3.8) is 0 Å². The summed E-state index contributed by atoms with van der Waals surface area (Å²) in [6, 6.07) is 17.8. The Morgan fingerprint density at radius 1 is 0.685 bits per heavy atom. The van der Waals surface area contributed by atoms with E-state index < -0.39 is 55.1 Å². The van der Waals surface area contributed by atoms with E-state index in [1.807, 2.05) is 4.72 Å². The van der Waals surface area contributed by atoms with Crippen molar-refractivity contribution < 1.29 is 109 Å². The number of benzene rings is 2. The van der Waals surface area contributed by atoms with Crippen molar-refractivity contribution >= 4 is 63.5 Å². The molecule has 4 aromatic heterocycles. The quantitative estimate of drug-likeness (QED) is 0.0394. The first-order valence-corrected chi connectivity index (χ1v) is 24.2. The van der Waals surface area contributed by atoms with Crippen LogP contribution < -0.4 is 19.3 Å². The molecule has 2 aliphatic carbocycles. The number of carbonyl (C=O) groups is 2.